The smallest absolute Gasteiger partial charge is 0.223 e. The number of aromatic nitrogens is 1. The molecule has 25 heavy (non-hydrogen) atoms. The number of oxazole rings is 1. The van der Waals surface area contributed by atoms with Crippen molar-refractivity contribution < 1.29 is 9.21 Å². The minimum Gasteiger partial charge on any atom is -0.441 e. The van der Waals surface area contributed by atoms with E-state index in [0.717, 1.165) is 25.1 Å². The summed E-state index contributed by atoms with van der Waals surface area (Å²) >= 11 is 6.15. The van der Waals surface area contributed by atoms with Crippen LogP contribution in [0.2, 0.25) is 5.02 Å². The monoisotopic (exact) mass is 405 g/mol. The molecule has 8 heteroatoms. The number of halogens is 3. The topological polar surface area (TPSA) is 72.4 Å². The highest BCUT2D eigenvalue weighted by Crippen LogP contribution is 2.28. The summed E-state index contributed by atoms with van der Waals surface area (Å²) in [6, 6.07) is 7.46. The van der Waals surface area contributed by atoms with Crippen molar-refractivity contribution in [1.29, 1.82) is 0 Å². The summed E-state index contributed by atoms with van der Waals surface area (Å²) in [6.07, 6.45) is 3.55. The molecule has 1 saturated heterocycles. The summed E-state index contributed by atoms with van der Waals surface area (Å²) in [5.74, 6) is 1.76. The zero-order chi connectivity index (χ0) is 16.2. The van der Waals surface area contributed by atoms with Crippen molar-refractivity contribution in [2.75, 3.05) is 19.6 Å². The molecule has 1 aromatic carbocycles. The van der Waals surface area contributed by atoms with E-state index in [0.29, 0.717) is 42.0 Å². The van der Waals surface area contributed by atoms with E-state index in [1.807, 2.05) is 29.2 Å². The third-order valence-corrected chi connectivity index (χ3v) is 4.55. The van der Waals surface area contributed by atoms with Crippen LogP contribution in [0.1, 0.15) is 18.7 Å². The van der Waals surface area contributed by atoms with Gasteiger partial charge in [-0.15, -0.1) is 24.8 Å². The summed E-state index contributed by atoms with van der Waals surface area (Å²) < 4.78 is 5.72. The maximum Gasteiger partial charge on any atom is 0.223 e. The minimum absolute atomic E-state index is 0. The Kier molecular flexibility index (Phi) is 8.73. The van der Waals surface area contributed by atoms with E-state index in [-0.39, 0.29) is 30.7 Å². The fourth-order valence-corrected chi connectivity index (χ4v) is 3.06. The van der Waals surface area contributed by atoms with Gasteiger partial charge in [0.05, 0.1) is 11.2 Å². The van der Waals surface area contributed by atoms with E-state index in [4.69, 9.17) is 21.8 Å². The Morgan fingerprint density at radius 2 is 2.12 bits per heavy atom. The lowest BCUT2D eigenvalue weighted by atomic mass is 10.1. The number of nitrogens with two attached hydrogens (primary N) is 1. The molecule has 1 amide bonds. The van der Waals surface area contributed by atoms with Crippen LogP contribution in [0.5, 0.6) is 0 Å². The van der Waals surface area contributed by atoms with Gasteiger partial charge in [-0.2, -0.15) is 0 Å². The molecule has 5 nitrogen and oxygen atoms in total. The van der Waals surface area contributed by atoms with E-state index >= 15 is 0 Å². The Balaban J connectivity index is 0.00000156. The molecule has 1 unspecified atom stereocenters. The molecule has 1 atom stereocenters. The highest BCUT2D eigenvalue weighted by Gasteiger charge is 2.25. The Labute approximate surface area is 164 Å². The van der Waals surface area contributed by atoms with Crippen molar-refractivity contribution in [3.05, 3.63) is 41.4 Å². The molecule has 3 rings (SSSR count). The Bertz CT molecular complexity index is 693. The molecule has 0 saturated carbocycles. The minimum atomic E-state index is 0. The molecule has 1 fully saturated rings. The van der Waals surface area contributed by atoms with Crippen LogP contribution in [0.15, 0.2) is 34.9 Å². The van der Waals surface area contributed by atoms with Gasteiger partial charge in [-0.25, -0.2) is 4.98 Å². The second kappa shape index (κ2) is 10.0. The van der Waals surface area contributed by atoms with Crippen molar-refractivity contribution in [2.24, 2.45) is 11.7 Å². The van der Waals surface area contributed by atoms with Gasteiger partial charge < -0.3 is 15.1 Å². The molecular formula is C17H22Cl3N3O2. The van der Waals surface area contributed by atoms with E-state index in [1.54, 1.807) is 6.20 Å². The lowest BCUT2D eigenvalue weighted by molar-refractivity contribution is -0.130. The average Bonchev–Trinajstić information content (AvgIpc) is 3.22. The SMILES string of the molecule is Cl.Cl.NCC1CCN(C(=O)CCc2ncc(-c3ccccc3Cl)o2)C1. The van der Waals surface area contributed by atoms with Gasteiger partial charge in [0.25, 0.3) is 0 Å². The first-order valence-electron chi connectivity index (χ1n) is 7.85. The highest BCUT2D eigenvalue weighted by molar-refractivity contribution is 6.33. The summed E-state index contributed by atoms with van der Waals surface area (Å²) in [6.45, 7) is 2.22. The van der Waals surface area contributed by atoms with Crippen molar-refractivity contribution in [3.63, 3.8) is 0 Å². The third kappa shape index (κ3) is 5.35. The largest absolute Gasteiger partial charge is 0.441 e. The number of aryl methyl sites for hydroxylation is 1. The maximum atomic E-state index is 12.2. The molecule has 0 spiro atoms. The van der Waals surface area contributed by atoms with Gasteiger partial charge in [0, 0.05) is 31.5 Å². The number of carbonyl (C=O) groups is 1. The first-order valence-corrected chi connectivity index (χ1v) is 8.22. The molecule has 138 valence electrons. The molecule has 0 bridgehead atoms. The van der Waals surface area contributed by atoms with Crippen molar-refractivity contribution >= 4 is 42.3 Å². The summed E-state index contributed by atoms with van der Waals surface area (Å²) in [5, 5.41) is 0.621. The third-order valence-electron chi connectivity index (χ3n) is 4.22. The second-order valence-electron chi connectivity index (χ2n) is 5.83. The van der Waals surface area contributed by atoms with E-state index in [1.165, 1.54) is 0 Å². The van der Waals surface area contributed by atoms with Gasteiger partial charge in [-0.3, -0.25) is 4.79 Å². The molecule has 0 radical (unpaired) electrons. The normalized spacial score (nSPS) is 16.2. The molecule has 1 aliphatic rings. The average molecular weight is 407 g/mol. The van der Waals surface area contributed by atoms with Crippen LogP contribution in [0.4, 0.5) is 0 Å². The molecule has 2 aromatic rings. The Morgan fingerprint density at radius 1 is 1.36 bits per heavy atom. The predicted molar refractivity (Wildman–Crippen MR) is 104 cm³/mol. The van der Waals surface area contributed by atoms with Gasteiger partial charge in [-0.1, -0.05) is 23.7 Å². The van der Waals surface area contributed by atoms with E-state index in [9.17, 15) is 4.79 Å². The quantitative estimate of drug-likeness (QED) is 0.823. The highest BCUT2D eigenvalue weighted by atomic mass is 35.5. The Morgan fingerprint density at radius 3 is 2.80 bits per heavy atom. The number of hydrogen-bond acceptors (Lipinski definition) is 4. The van der Waals surface area contributed by atoms with Crippen LogP contribution >= 0.6 is 36.4 Å². The molecular weight excluding hydrogens is 385 g/mol. The summed E-state index contributed by atoms with van der Waals surface area (Å²) in [4.78, 5) is 18.3. The number of nitrogens with zero attached hydrogens (tertiary/aromatic N) is 2. The van der Waals surface area contributed by atoms with E-state index in [2.05, 4.69) is 4.98 Å². The van der Waals surface area contributed by atoms with Crippen LogP contribution in [0.3, 0.4) is 0 Å². The lowest BCUT2D eigenvalue weighted by Crippen LogP contribution is -2.30. The van der Waals surface area contributed by atoms with Gasteiger partial charge in [0.2, 0.25) is 5.91 Å². The van der Waals surface area contributed by atoms with Crippen LogP contribution in [0, 0.1) is 5.92 Å². The second-order valence-corrected chi connectivity index (χ2v) is 6.24. The lowest BCUT2D eigenvalue weighted by Gasteiger charge is -2.15. The molecule has 2 heterocycles. The Hall–Kier alpha value is -1.27. The standard InChI is InChI=1S/C17H20ClN3O2.2ClH/c18-14-4-2-1-3-13(14)15-10-20-16(23-15)5-6-17(22)21-8-7-12(9-19)11-21;;/h1-4,10,12H,5-9,11,19H2;2*1H. The van der Waals surface area contributed by atoms with Crippen LogP contribution < -0.4 is 5.73 Å². The zero-order valence-corrected chi connectivity index (χ0v) is 16.1. The summed E-state index contributed by atoms with van der Waals surface area (Å²) in [5.41, 5.74) is 6.47. The van der Waals surface area contributed by atoms with Crippen molar-refractivity contribution in [3.8, 4) is 11.3 Å². The number of amides is 1. The number of benzene rings is 1. The predicted octanol–water partition coefficient (Wildman–Crippen LogP) is 3.58. The van der Waals surface area contributed by atoms with Crippen LogP contribution in [-0.2, 0) is 11.2 Å². The summed E-state index contributed by atoms with van der Waals surface area (Å²) in [7, 11) is 0. The molecule has 1 aliphatic heterocycles. The van der Waals surface area contributed by atoms with Crippen molar-refractivity contribution in [1.82, 2.24) is 9.88 Å². The number of rotatable bonds is 5. The van der Waals surface area contributed by atoms with Gasteiger partial charge >= 0.3 is 0 Å². The number of carbonyl (C=O) groups excluding carboxylic acids is 1. The number of hydrogen-bond donors (Lipinski definition) is 1. The molecule has 2 N–H and O–H groups in total. The zero-order valence-electron chi connectivity index (χ0n) is 13.7. The number of likely N-dealkylation sites (tertiary alicyclic amines) is 1. The fraction of sp³-hybridized carbons (Fsp3) is 0.412. The molecule has 1 aromatic heterocycles. The van der Waals surface area contributed by atoms with Gasteiger partial charge in [0.1, 0.15) is 0 Å². The first kappa shape index (κ1) is 21.8. The van der Waals surface area contributed by atoms with Crippen LogP contribution in [-0.4, -0.2) is 35.4 Å². The van der Waals surface area contributed by atoms with Crippen LogP contribution in [0.25, 0.3) is 11.3 Å². The van der Waals surface area contributed by atoms with Gasteiger partial charge in [0.15, 0.2) is 11.7 Å². The van der Waals surface area contributed by atoms with E-state index < -0.39 is 0 Å². The maximum absolute atomic E-state index is 12.2. The first-order chi connectivity index (χ1) is 11.2. The van der Waals surface area contributed by atoms with Gasteiger partial charge in [-0.05, 0) is 31.0 Å². The molecule has 0 aliphatic carbocycles. The fourth-order valence-electron chi connectivity index (χ4n) is 2.83. The van der Waals surface area contributed by atoms with Crippen molar-refractivity contribution in [2.45, 2.75) is 19.3 Å².